The third kappa shape index (κ3) is 3.85. The van der Waals surface area contributed by atoms with Gasteiger partial charge in [0, 0.05) is 0 Å². The van der Waals surface area contributed by atoms with Gasteiger partial charge in [-0.1, -0.05) is 55.1 Å². The van der Waals surface area contributed by atoms with Crippen LogP contribution in [0.1, 0.15) is 15.9 Å². The number of benzene rings is 2. The van der Waals surface area contributed by atoms with Gasteiger partial charge >= 0.3 is 0 Å². The molecule has 112 valence electrons. The van der Waals surface area contributed by atoms with Crippen molar-refractivity contribution in [2.24, 2.45) is 0 Å². The van der Waals surface area contributed by atoms with Crippen molar-refractivity contribution in [1.82, 2.24) is 0 Å². The summed E-state index contributed by atoms with van der Waals surface area (Å²) in [7, 11) is 1.54. The summed E-state index contributed by atoms with van der Waals surface area (Å²) in [5, 5.41) is 0. The van der Waals surface area contributed by atoms with Crippen LogP contribution in [-0.4, -0.2) is 19.5 Å². The molecule has 3 heteroatoms. The van der Waals surface area contributed by atoms with Crippen LogP contribution in [0.2, 0.25) is 0 Å². The smallest absolute Gasteiger partial charge is 0.231 e. The van der Waals surface area contributed by atoms with E-state index in [0.717, 1.165) is 5.56 Å². The quantitative estimate of drug-likeness (QED) is 0.333. The molecule has 0 aromatic heterocycles. The highest BCUT2D eigenvalue weighted by molar-refractivity contribution is 6.11. The normalized spacial score (nSPS) is 10.9. The fraction of sp³-hybridized carbons (Fsp3) is 0.105. The van der Waals surface area contributed by atoms with Gasteiger partial charge in [0.25, 0.3) is 0 Å². The minimum Gasteiger partial charge on any atom is -0.496 e. The Hall–Kier alpha value is -2.81. The number of hydrogen-bond donors (Lipinski definition) is 0. The van der Waals surface area contributed by atoms with Gasteiger partial charge < -0.3 is 9.47 Å². The van der Waals surface area contributed by atoms with Gasteiger partial charge in [-0.3, -0.25) is 4.79 Å². The number of allylic oxidation sites excluding steroid dienone is 1. The summed E-state index contributed by atoms with van der Waals surface area (Å²) in [6.45, 7) is 3.88. The van der Waals surface area contributed by atoms with Crippen molar-refractivity contribution >= 4 is 11.9 Å². The Labute approximate surface area is 130 Å². The van der Waals surface area contributed by atoms with E-state index >= 15 is 0 Å². The van der Waals surface area contributed by atoms with E-state index in [1.165, 1.54) is 7.11 Å². The molecule has 0 aliphatic heterocycles. The largest absolute Gasteiger partial charge is 0.496 e. The van der Waals surface area contributed by atoms with E-state index < -0.39 is 0 Å². The van der Waals surface area contributed by atoms with Crippen molar-refractivity contribution in [3.63, 3.8) is 0 Å². The zero-order chi connectivity index (χ0) is 15.8. The maximum absolute atomic E-state index is 12.7. The molecule has 0 aliphatic rings. The molecule has 0 atom stereocenters. The third-order valence-electron chi connectivity index (χ3n) is 3.03. The lowest BCUT2D eigenvalue weighted by Crippen LogP contribution is -2.09. The van der Waals surface area contributed by atoms with Crippen LogP contribution in [0.5, 0.6) is 5.75 Å². The summed E-state index contributed by atoms with van der Waals surface area (Å²) in [5.74, 6) is 0.562. The van der Waals surface area contributed by atoms with Crippen molar-refractivity contribution in [3.05, 3.63) is 84.1 Å². The van der Waals surface area contributed by atoms with E-state index in [2.05, 4.69) is 6.58 Å². The Morgan fingerprint density at radius 3 is 2.45 bits per heavy atom. The number of ketones is 1. The molecule has 0 spiro atoms. The van der Waals surface area contributed by atoms with E-state index in [0.29, 0.717) is 11.3 Å². The molecule has 0 unspecified atom stereocenters. The molecule has 0 bridgehead atoms. The fourth-order valence-electron chi connectivity index (χ4n) is 1.99. The molecule has 0 amide bonds. The van der Waals surface area contributed by atoms with Crippen LogP contribution in [0.15, 0.2) is 73.0 Å². The lowest BCUT2D eigenvalue weighted by atomic mass is 10.1. The van der Waals surface area contributed by atoms with Crippen molar-refractivity contribution in [1.29, 1.82) is 0 Å². The lowest BCUT2D eigenvalue weighted by molar-refractivity contribution is 0.0937. The van der Waals surface area contributed by atoms with E-state index in [4.69, 9.17) is 9.47 Å². The molecule has 0 saturated carbocycles. The predicted octanol–water partition coefficient (Wildman–Crippen LogP) is 4.12. The highest BCUT2D eigenvalue weighted by atomic mass is 16.5. The molecule has 2 aromatic rings. The zero-order valence-corrected chi connectivity index (χ0v) is 12.5. The van der Waals surface area contributed by atoms with E-state index in [1.54, 1.807) is 30.4 Å². The number of rotatable bonds is 7. The summed E-state index contributed by atoms with van der Waals surface area (Å²) in [6, 6.07) is 16.6. The molecule has 0 heterocycles. The highest BCUT2D eigenvalue weighted by Gasteiger charge is 2.17. The van der Waals surface area contributed by atoms with Crippen LogP contribution in [0.4, 0.5) is 0 Å². The second-order valence-corrected chi connectivity index (χ2v) is 4.55. The van der Waals surface area contributed by atoms with Gasteiger partial charge in [0.1, 0.15) is 12.4 Å². The molecule has 2 rings (SSSR count). The molecular formula is C19H18O3. The van der Waals surface area contributed by atoms with Crippen molar-refractivity contribution in [3.8, 4) is 5.75 Å². The first-order valence-electron chi connectivity index (χ1n) is 6.94. The Balaban J connectivity index is 2.38. The molecule has 0 radical (unpaired) electrons. The van der Waals surface area contributed by atoms with Crippen molar-refractivity contribution in [2.45, 2.75) is 0 Å². The molecule has 0 saturated heterocycles. The first kappa shape index (κ1) is 15.6. The van der Waals surface area contributed by atoms with Gasteiger partial charge in [0.15, 0.2) is 5.76 Å². The summed E-state index contributed by atoms with van der Waals surface area (Å²) in [6.07, 6.45) is 3.33. The summed E-state index contributed by atoms with van der Waals surface area (Å²) < 4.78 is 10.8. The lowest BCUT2D eigenvalue weighted by Gasteiger charge is -2.11. The average Bonchev–Trinajstić information content (AvgIpc) is 2.58. The maximum Gasteiger partial charge on any atom is 0.231 e. The Morgan fingerprint density at radius 1 is 1.09 bits per heavy atom. The van der Waals surface area contributed by atoms with Crippen LogP contribution in [0.25, 0.3) is 6.08 Å². The summed E-state index contributed by atoms with van der Waals surface area (Å²) >= 11 is 0. The molecule has 0 N–H and O–H groups in total. The van der Waals surface area contributed by atoms with Gasteiger partial charge in [-0.05, 0) is 23.8 Å². The number of carbonyl (C=O) groups is 1. The standard InChI is InChI=1S/C19H18O3/c1-3-13-22-18(14-15-9-5-4-6-10-15)19(20)16-11-7-8-12-17(16)21-2/h3-12,14H,1,13H2,2H3. The van der Waals surface area contributed by atoms with Gasteiger partial charge in [0.2, 0.25) is 5.78 Å². The van der Waals surface area contributed by atoms with Gasteiger partial charge in [-0.15, -0.1) is 0 Å². The van der Waals surface area contributed by atoms with Gasteiger partial charge in [-0.25, -0.2) is 0 Å². The van der Waals surface area contributed by atoms with Crippen LogP contribution >= 0.6 is 0 Å². The minimum atomic E-state index is -0.219. The predicted molar refractivity (Wildman–Crippen MR) is 87.9 cm³/mol. The molecule has 0 aliphatic carbocycles. The van der Waals surface area contributed by atoms with Crippen LogP contribution < -0.4 is 4.74 Å². The Morgan fingerprint density at radius 2 is 1.77 bits per heavy atom. The third-order valence-corrected chi connectivity index (χ3v) is 3.03. The van der Waals surface area contributed by atoms with Crippen LogP contribution in [0, 0.1) is 0 Å². The number of Topliss-reactive ketones (excluding diaryl/α,β-unsaturated/α-hetero) is 1. The molecule has 0 fully saturated rings. The van der Waals surface area contributed by atoms with E-state index in [1.807, 2.05) is 36.4 Å². The minimum absolute atomic E-state index is 0.219. The number of methoxy groups -OCH3 is 1. The van der Waals surface area contributed by atoms with Gasteiger partial charge in [-0.2, -0.15) is 0 Å². The maximum atomic E-state index is 12.7. The topological polar surface area (TPSA) is 35.5 Å². The van der Waals surface area contributed by atoms with E-state index in [-0.39, 0.29) is 18.1 Å². The fourth-order valence-corrected chi connectivity index (χ4v) is 1.99. The molecule has 22 heavy (non-hydrogen) atoms. The Bertz CT molecular complexity index is 672. The summed E-state index contributed by atoms with van der Waals surface area (Å²) in [4.78, 5) is 12.7. The monoisotopic (exact) mass is 294 g/mol. The van der Waals surface area contributed by atoms with Crippen LogP contribution in [-0.2, 0) is 4.74 Å². The number of carbonyl (C=O) groups excluding carboxylic acids is 1. The summed E-state index contributed by atoms with van der Waals surface area (Å²) in [5.41, 5.74) is 1.36. The molecule has 3 nitrogen and oxygen atoms in total. The van der Waals surface area contributed by atoms with E-state index in [9.17, 15) is 4.79 Å². The Kier molecular flexibility index (Phi) is 5.55. The first-order valence-corrected chi connectivity index (χ1v) is 6.94. The molecule has 2 aromatic carbocycles. The molecular weight excluding hydrogens is 276 g/mol. The zero-order valence-electron chi connectivity index (χ0n) is 12.5. The second-order valence-electron chi connectivity index (χ2n) is 4.55. The SMILES string of the molecule is C=CCOC(=Cc1ccccc1)C(=O)c1ccccc1OC. The van der Waals surface area contributed by atoms with Crippen molar-refractivity contribution in [2.75, 3.05) is 13.7 Å². The van der Waals surface area contributed by atoms with Crippen molar-refractivity contribution < 1.29 is 14.3 Å². The number of hydrogen-bond acceptors (Lipinski definition) is 3. The van der Waals surface area contributed by atoms with Crippen LogP contribution in [0.3, 0.4) is 0 Å². The average molecular weight is 294 g/mol. The highest BCUT2D eigenvalue weighted by Crippen LogP contribution is 2.22. The number of para-hydroxylation sites is 1. The number of ether oxygens (including phenoxy) is 2. The second kappa shape index (κ2) is 7.84. The van der Waals surface area contributed by atoms with Gasteiger partial charge in [0.05, 0.1) is 12.7 Å². The first-order chi connectivity index (χ1) is 10.8.